The van der Waals surface area contributed by atoms with E-state index in [0.29, 0.717) is 11.4 Å². The van der Waals surface area contributed by atoms with Gasteiger partial charge in [-0.25, -0.2) is 4.79 Å². The van der Waals surface area contributed by atoms with Gasteiger partial charge in [-0.2, -0.15) is 0 Å². The molecule has 0 atom stereocenters. The Morgan fingerprint density at radius 1 is 1.29 bits per heavy atom. The summed E-state index contributed by atoms with van der Waals surface area (Å²) in [6.07, 6.45) is 2.82. The zero-order valence-corrected chi connectivity index (χ0v) is 12.1. The van der Waals surface area contributed by atoms with Gasteiger partial charge in [-0.15, -0.1) is 0 Å². The van der Waals surface area contributed by atoms with Gasteiger partial charge in [0.1, 0.15) is 5.69 Å². The average Bonchev–Trinajstić information content (AvgIpc) is 2.89. The van der Waals surface area contributed by atoms with Gasteiger partial charge in [0, 0.05) is 18.4 Å². The molecule has 21 heavy (non-hydrogen) atoms. The number of benzene rings is 1. The summed E-state index contributed by atoms with van der Waals surface area (Å²) in [5.74, 6) is -1.17. The van der Waals surface area contributed by atoms with E-state index < -0.39 is 5.97 Å². The third-order valence-corrected chi connectivity index (χ3v) is 3.25. The van der Waals surface area contributed by atoms with E-state index in [4.69, 9.17) is 5.11 Å². The molecular formula is C16H18N2O3. The van der Waals surface area contributed by atoms with Crippen LogP contribution in [0.25, 0.3) is 0 Å². The van der Waals surface area contributed by atoms with Crippen LogP contribution >= 0.6 is 0 Å². The van der Waals surface area contributed by atoms with E-state index >= 15 is 0 Å². The highest BCUT2D eigenvalue weighted by Gasteiger charge is 2.12. The van der Waals surface area contributed by atoms with Gasteiger partial charge >= 0.3 is 5.97 Å². The number of rotatable bonds is 5. The molecule has 2 N–H and O–H groups in total. The molecule has 0 aliphatic carbocycles. The number of hydrogen-bond acceptors (Lipinski definition) is 2. The third-order valence-electron chi connectivity index (χ3n) is 3.25. The SMILES string of the molecule is CCCn1cccc1C(=O)Nc1ccc(C(=O)O)cc1C. The largest absolute Gasteiger partial charge is 0.478 e. The first kappa shape index (κ1) is 14.8. The van der Waals surface area contributed by atoms with Crippen molar-refractivity contribution in [2.24, 2.45) is 0 Å². The van der Waals surface area contributed by atoms with Crippen LogP contribution in [0.3, 0.4) is 0 Å². The topological polar surface area (TPSA) is 71.3 Å². The van der Waals surface area contributed by atoms with E-state index in [1.54, 1.807) is 25.1 Å². The lowest BCUT2D eigenvalue weighted by Crippen LogP contribution is -2.17. The predicted molar refractivity (Wildman–Crippen MR) is 80.8 cm³/mol. The molecule has 1 aromatic carbocycles. The first-order valence-corrected chi connectivity index (χ1v) is 6.83. The lowest BCUT2D eigenvalue weighted by atomic mass is 10.1. The fraction of sp³-hybridized carbons (Fsp3) is 0.250. The number of nitrogens with zero attached hydrogens (tertiary/aromatic N) is 1. The van der Waals surface area contributed by atoms with E-state index in [-0.39, 0.29) is 11.5 Å². The molecule has 0 saturated carbocycles. The smallest absolute Gasteiger partial charge is 0.335 e. The summed E-state index contributed by atoms with van der Waals surface area (Å²) >= 11 is 0. The summed E-state index contributed by atoms with van der Waals surface area (Å²) in [5.41, 5.74) is 2.14. The maximum atomic E-state index is 12.3. The van der Waals surface area contributed by atoms with Crippen LogP contribution in [0.2, 0.25) is 0 Å². The van der Waals surface area contributed by atoms with Crippen molar-refractivity contribution >= 4 is 17.6 Å². The van der Waals surface area contributed by atoms with Crippen molar-refractivity contribution in [3.63, 3.8) is 0 Å². The summed E-state index contributed by atoms with van der Waals surface area (Å²) in [7, 11) is 0. The number of carboxylic acid groups (broad SMARTS) is 1. The monoisotopic (exact) mass is 286 g/mol. The quantitative estimate of drug-likeness (QED) is 0.887. The Balaban J connectivity index is 2.19. The Hall–Kier alpha value is -2.56. The number of nitrogens with one attached hydrogen (secondary N) is 1. The van der Waals surface area contributed by atoms with E-state index in [2.05, 4.69) is 12.2 Å². The number of carbonyl (C=O) groups is 2. The molecule has 0 bridgehead atoms. The van der Waals surface area contributed by atoms with Gasteiger partial charge in [-0.1, -0.05) is 6.92 Å². The van der Waals surface area contributed by atoms with Gasteiger partial charge in [0.25, 0.3) is 5.91 Å². The highest BCUT2D eigenvalue weighted by Crippen LogP contribution is 2.18. The number of aromatic carboxylic acids is 1. The van der Waals surface area contributed by atoms with Crippen molar-refractivity contribution < 1.29 is 14.7 Å². The number of aromatic nitrogens is 1. The normalized spacial score (nSPS) is 10.4. The van der Waals surface area contributed by atoms with Crippen molar-refractivity contribution in [1.82, 2.24) is 4.57 Å². The van der Waals surface area contributed by atoms with Crippen molar-refractivity contribution in [3.8, 4) is 0 Å². The number of anilines is 1. The van der Waals surface area contributed by atoms with Crippen LogP contribution in [-0.2, 0) is 6.54 Å². The van der Waals surface area contributed by atoms with Crippen LogP contribution in [0.4, 0.5) is 5.69 Å². The lowest BCUT2D eigenvalue weighted by molar-refractivity contribution is 0.0696. The van der Waals surface area contributed by atoms with Gasteiger partial charge in [-0.3, -0.25) is 4.79 Å². The summed E-state index contributed by atoms with van der Waals surface area (Å²) in [5, 5.41) is 11.8. The Bertz CT molecular complexity index is 674. The van der Waals surface area contributed by atoms with Crippen molar-refractivity contribution in [3.05, 3.63) is 53.3 Å². The molecule has 2 rings (SSSR count). The summed E-state index contributed by atoms with van der Waals surface area (Å²) in [6.45, 7) is 4.61. The van der Waals surface area contributed by atoms with Crippen molar-refractivity contribution in [2.75, 3.05) is 5.32 Å². The molecule has 0 unspecified atom stereocenters. The number of aryl methyl sites for hydroxylation is 2. The second-order valence-corrected chi connectivity index (χ2v) is 4.88. The zero-order chi connectivity index (χ0) is 15.4. The predicted octanol–water partition coefficient (Wildman–Crippen LogP) is 3.16. The molecule has 1 heterocycles. The van der Waals surface area contributed by atoms with Crippen LogP contribution in [0.5, 0.6) is 0 Å². The molecule has 5 nitrogen and oxygen atoms in total. The molecule has 0 saturated heterocycles. The van der Waals surface area contributed by atoms with Crippen LogP contribution < -0.4 is 5.32 Å². The molecule has 0 aliphatic rings. The van der Waals surface area contributed by atoms with Gasteiger partial charge in [0.05, 0.1) is 5.56 Å². The number of amides is 1. The fourth-order valence-electron chi connectivity index (χ4n) is 2.18. The zero-order valence-electron chi connectivity index (χ0n) is 12.1. The minimum Gasteiger partial charge on any atom is -0.478 e. The maximum Gasteiger partial charge on any atom is 0.335 e. The highest BCUT2D eigenvalue weighted by atomic mass is 16.4. The first-order chi connectivity index (χ1) is 10.0. The molecule has 5 heteroatoms. The van der Waals surface area contributed by atoms with E-state index in [9.17, 15) is 9.59 Å². The van der Waals surface area contributed by atoms with Crippen molar-refractivity contribution in [1.29, 1.82) is 0 Å². The number of carboxylic acids is 1. The standard InChI is InChI=1S/C16H18N2O3/c1-3-8-18-9-4-5-14(18)15(19)17-13-7-6-12(16(20)21)10-11(13)2/h4-7,9-10H,3,8H2,1-2H3,(H,17,19)(H,20,21). The minimum absolute atomic E-state index is 0.195. The van der Waals surface area contributed by atoms with Gasteiger partial charge < -0.3 is 15.0 Å². The van der Waals surface area contributed by atoms with Crippen LogP contribution in [0, 0.1) is 6.92 Å². The summed E-state index contributed by atoms with van der Waals surface area (Å²) in [4.78, 5) is 23.2. The molecule has 1 aromatic heterocycles. The maximum absolute atomic E-state index is 12.3. The van der Waals surface area contributed by atoms with Crippen LogP contribution in [0.1, 0.15) is 39.8 Å². The van der Waals surface area contributed by atoms with E-state index in [0.717, 1.165) is 18.5 Å². The summed E-state index contributed by atoms with van der Waals surface area (Å²) < 4.78 is 1.90. The number of carbonyl (C=O) groups excluding carboxylic acids is 1. The molecule has 0 fully saturated rings. The number of hydrogen-bond donors (Lipinski definition) is 2. The molecular weight excluding hydrogens is 268 g/mol. The van der Waals surface area contributed by atoms with Crippen molar-refractivity contribution in [2.45, 2.75) is 26.8 Å². The molecule has 0 radical (unpaired) electrons. The first-order valence-electron chi connectivity index (χ1n) is 6.83. The summed E-state index contributed by atoms with van der Waals surface area (Å²) in [6, 6.07) is 8.25. The van der Waals surface area contributed by atoms with Crippen LogP contribution in [0.15, 0.2) is 36.5 Å². The Morgan fingerprint density at radius 3 is 2.67 bits per heavy atom. The minimum atomic E-state index is -0.979. The Labute approximate surface area is 123 Å². The molecule has 110 valence electrons. The highest BCUT2D eigenvalue weighted by molar-refractivity contribution is 6.03. The van der Waals surface area contributed by atoms with E-state index in [1.165, 1.54) is 6.07 Å². The molecule has 2 aromatic rings. The van der Waals surface area contributed by atoms with Gasteiger partial charge in [0.15, 0.2) is 0 Å². The Morgan fingerprint density at radius 2 is 2.05 bits per heavy atom. The average molecular weight is 286 g/mol. The molecule has 1 amide bonds. The lowest BCUT2D eigenvalue weighted by Gasteiger charge is -2.11. The van der Waals surface area contributed by atoms with Gasteiger partial charge in [0.2, 0.25) is 0 Å². The van der Waals surface area contributed by atoms with Crippen LogP contribution in [-0.4, -0.2) is 21.6 Å². The second-order valence-electron chi connectivity index (χ2n) is 4.88. The van der Waals surface area contributed by atoms with Gasteiger partial charge in [-0.05, 0) is 49.2 Å². The molecule has 0 aliphatic heterocycles. The second kappa shape index (κ2) is 6.26. The third kappa shape index (κ3) is 3.31. The fourth-order valence-corrected chi connectivity index (χ4v) is 2.18. The Kier molecular flexibility index (Phi) is 4.42. The molecule has 0 spiro atoms. The van der Waals surface area contributed by atoms with E-state index in [1.807, 2.05) is 16.8 Å².